The van der Waals surface area contributed by atoms with Gasteiger partial charge in [-0.25, -0.2) is 18.2 Å². The number of piperidine rings is 1. The maximum absolute atomic E-state index is 13.2. The first-order chi connectivity index (χ1) is 14.2. The number of esters is 1. The summed E-state index contributed by atoms with van der Waals surface area (Å²) < 4.78 is 32.3. The first-order valence-electron chi connectivity index (χ1n) is 9.35. The van der Waals surface area contributed by atoms with E-state index in [4.69, 9.17) is 11.6 Å². The third-order valence-electron chi connectivity index (χ3n) is 4.86. The molecule has 3 rings (SSSR count). The summed E-state index contributed by atoms with van der Waals surface area (Å²) in [7, 11) is -2.79. The van der Waals surface area contributed by atoms with Gasteiger partial charge >= 0.3 is 5.97 Å². The zero-order valence-electron chi connectivity index (χ0n) is 16.6. The number of carbonyl (C=O) groups is 2. The number of ether oxygens (including phenoxy) is 1. The summed E-state index contributed by atoms with van der Waals surface area (Å²) in [6, 6.07) is 9.22. The molecule has 10 heteroatoms. The summed E-state index contributed by atoms with van der Waals surface area (Å²) in [5, 5.41) is 2.75. The lowest BCUT2D eigenvalue weighted by Crippen LogP contribution is -2.43. The number of nitrogens with one attached hydrogen (secondary N) is 1. The predicted molar refractivity (Wildman–Crippen MR) is 112 cm³/mol. The van der Waals surface area contributed by atoms with Crippen LogP contribution in [0.15, 0.2) is 41.3 Å². The van der Waals surface area contributed by atoms with Crippen LogP contribution in [0.5, 0.6) is 0 Å². The summed E-state index contributed by atoms with van der Waals surface area (Å²) in [5.74, 6) is -1.06. The Morgan fingerprint density at radius 1 is 1.27 bits per heavy atom. The molecule has 1 aromatic carbocycles. The van der Waals surface area contributed by atoms with E-state index >= 15 is 0 Å². The first kappa shape index (κ1) is 22.2. The molecule has 8 nitrogen and oxygen atoms in total. The minimum atomic E-state index is -4.00. The number of anilines is 1. The Balaban J connectivity index is 1.80. The largest absolute Gasteiger partial charge is 0.465 e. The molecule has 30 heavy (non-hydrogen) atoms. The highest BCUT2D eigenvalue weighted by molar-refractivity contribution is 7.89. The Labute approximate surface area is 180 Å². The fourth-order valence-corrected chi connectivity index (χ4v) is 5.32. The van der Waals surface area contributed by atoms with Crippen LogP contribution in [-0.4, -0.2) is 49.8 Å². The highest BCUT2D eigenvalue weighted by atomic mass is 35.5. The number of amides is 1. The predicted octanol–water partition coefficient (Wildman–Crippen LogP) is 2.87. The van der Waals surface area contributed by atoms with Crippen LogP contribution in [0.4, 0.5) is 5.82 Å². The standard InChI is InChI=1S/C20H22ClN3O5S/c1-13-5-3-7-18(22-13)23-19(25)15-6-4-10-24(12-15)30(27,28)17-11-14(20(26)29-2)8-9-16(17)21/h3,5,7-9,11,15H,4,6,10,12H2,1-2H3,(H,22,23,25). The molecular weight excluding hydrogens is 430 g/mol. The van der Waals surface area contributed by atoms with Gasteiger partial charge in [-0.15, -0.1) is 0 Å². The van der Waals surface area contributed by atoms with Crippen LogP contribution < -0.4 is 5.32 Å². The molecule has 160 valence electrons. The highest BCUT2D eigenvalue weighted by Crippen LogP contribution is 2.29. The highest BCUT2D eigenvalue weighted by Gasteiger charge is 2.35. The van der Waals surface area contributed by atoms with E-state index in [0.29, 0.717) is 18.7 Å². The van der Waals surface area contributed by atoms with Crippen molar-refractivity contribution in [2.45, 2.75) is 24.7 Å². The molecule has 0 aliphatic carbocycles. The number of benzene rings is 1. The lowest BCUT2D eigenvalue weighted by molar-refractivity contribution is -0.120. The second kappa shape index (κ2) is 9.11. The van der Waals surface area contributed by atoms with Gasteiger partial charge in [-0.1, -0.05) is 17.7 Å². The smallest absolute Gasteiger partial charge is 0.337 e. The first-order valence-corrected chi connectivity index (χ1v) is 11.2. The van der Waals surface area contributed by atoms with E-state index in [1.165, 1.54) is 29.6 Å². The quantitative estimate of drug-likeness (QED) is 0.700. The van der Waals surface area contributed by atoms with Gasteiger partial charge < -0.3 is 10.1 Å². The fraction of sp³-hybridized carbons (Fsp3) is 0.350. The van der Waals surface area contributed by atoms with Crippen molar-refractivity contribution in [3.8, 4) is 0 Å². The van der Waals surface area contributed by atoms with Gasteiger partial charge in [0, 0.05) is 18.8 Å². The lowest BCUT2D eigenvalue weighted by Gasteiger charge is -2.31. The molecule has 2 heterocycles. The van der Waals surface area contributed by atoms with Gasteiger partial charge in [0.05, 0.1) is 23.6 Å². The van der Waals surface area contributed by atoms with E-state index in [-0.39, 0.29) is 34.5 Å². The van der Waals surface area contributed by atoms with E-state index in [9.17, 15) is 18.0 Å². The second-order valence-corrected chi connectivity index (χ2v) is 9.31. The number of rotatable bonds is 5. The van der Waals surface area contributed by atoms with Crippen molar-refractivity contribution >= 4 is 39.3 Å². The van der Waals surface area contributed by atoms with Crippen molar-refractivity contribution in [2.75, 3.05) is 25.5 Å². The molecule has 1 N–H and O–H groups in total. The topological polar surface area (TPSA) is 106 Å². The molecule has 1 aliphatic heterocycles. The molecule has 0 bridgehead atoms. The van der Waals surface area contributed by atoms with E-state index in [1.807, 2.05) is 13.0 Å². The Morgan fingerprint density at radius 3 is 2.73 bits per heavy atom. The lowest BCUT2D eigenvalue weighted by atomic mass is 9.99. The third kappa shape index (κ3) is 4.80. The van der Waals surface area contributed by atoms with E-state index in [2.05, 4.69) is 15.0 Å². The van der Waals surface area contributed by atoms with Crippen LogP contribution >= 0.6 is 11.6 Å². The van der Waals surface area contributed by atoms with Crippen molar-refractivity contribution in [1.29, 1.82) is 0 Å². The minimum Gasteiger partial charge on any atom is -0.465 e. The van der Waals surface area contributed by atoms with Crippen molar-refractivity contribution in [3.05, 3.63) is 52.7 Å². The SMILES string of the molecule is COC(=O)c1ccc(Cl)c(S(=O)(=O)N2CCCC(C(=O)Nc3cccc(C)n3)C2)c1. The van der Waals surface area contributed by atoms with Crippen molar-refractivity contribution in [2.24, 2.45) is 5.92 Å². The zero-order chi connectivity index (χ0) is 21.9. The zero-order valence-corrected chi connectivity index (χ0v) is 18.2. The van der Waals surface area contributed by atoms with Crippen LogP contribution in [0.1, 0.15) is 28.9 Å². The summed E-state index contributed by atoms with van der Waals surface area (Å²) >= 11 is 6.12. The molecule has 1 saturated heterocycles. The fourth-order valence-electron chi connectivity index (χ4n) is 3.30. The van der Waals surface area contributed by atoms with Gasteiger partial charge in [-0.3, -0.25) is 4.79 Å². The van der Waals surface area contributed by atoms with Crippen LogP contribution in [0.3, 0.4) is 0 Å². The number of aromatic nitrogens is 1. The maximum Gasteiger partial charge on any atom is 0.337 e. The summed E-state index contributed by atoms with van der Waals surface area (Å²) in [4.78, 5) is 28.5. The van der Waals surface area contributed by atoms with Crippen LogP contribution in [0.2, 0.25) is 5.02 Å². The molecular formula is C20H22ClN3O5S. The summed E-state index contributed by atoms with van der Waals surface area (Å²) in [6.07, 6.45) is 1.08. The van der Waals surface area contributed by atoms with Gasteiger partial charge in [0.1, 0.15) is 10.7 Å². The molecule has 1 atom stereocenters. The van der Waals surface area contributed by atoms with Gasteiger partial charge in [-0.2, -0.15) is 4.31 Å². The minimum absolute atomic E-state index is 0.00168. The molecule has 0 saturated carbocycles. The van der Waals surface area contributed by atoms with Gasteiger partial charge in [0.25, 0.3) is 0 Å². The van der Waals surface area contributed by atoms with E-state index in [0.717, 1.165) is 5.69 Å². The molecule has 1 amide bonds. The Bertz CT molecular complexity index is 1070. The molecule has 2 aromatic rings. The molecule has 1 unspecified atom stereocenters. The number of methoxy groups -OCH3 is 1. The van der Waals surface area contributed by atoms with Crippen LogP contribution in [-0.2, 0) is 19.6 Å². The van der Waals surface area contributed by atoms with Crippen molar-refractivity contribution in [3.63, 3.8) is 0 Å². The molecule has 0 radical (unpaired) electrons. The summed E-state index contributed by atoms with van der Waals surface area (Å²) in [6.45, 7) is 2.09. The van der Waals surface area contributed by atoms with Gasteiger partial charge in [0.2, 0.25) is 15.9 Å². The second-order valence-electron chi connectivity index (χ2n) is 6.99. The summed E-state index contributed by atoms with van der Waals surface area (Å²) in [5.41, 5.74) is 0.845. The van der Waals surface area contributed by atoms with Crippen LogP contribution in [0, 0.1) is 12.8 Å². The molecule has 1 aliphatic rings. The average Bonchev–Trinajstić information content (AvgIpc) is 2.73. The Hall–Kier alpha value is -2.49. The number of hydrogen-bond acceptors (Lipinski definition) is 6. The van der Waals surface area contributed by atoms with E-state index < -0.39 is 21.9 Å². The molecule has 0 spiro atoms. The number of pyridine rings is 1. The number of sulfonamides is 1. The molecule has 1 aromatic heterocycles. The van der Waals surface area contributed by atoms with Crippen LogP contribution in [0.25, 0.3) is 0 Å². The van der Waals surface area contributed by atoms with Crippen molar-refractivity contribution in [1.82, 2.24) is 9.29 Å². The Morgan fingerprint density at radius 2 is 2.03 bits per heavy atom. The van der Waals surface area contributed by atoms with Gasteiger partial charge in [-0.05, 0) is 50.1 Å². The number of nitrogens with zero attached hydrogens (tertiary/aromatic N) is 2. The number of hydrogen-bond donors (Lipinski definition) is 1. The number of aryl methyl sites for hydroxylation is 1. The van der Waals surface area contributed by atoms with E-state index in [1.54, 1.807) is 12.1 Å². The van der Waals surface area contributed by atoms with Gasteiger partial charge in [0.15, 0.2) is 0 Å². The maximum atomic E-state index is 13.2. The third-order valence-corrected chi connectivity index (χ3v) is 7.21. The number of halogens is 1. The average molecular weight is 452 g/mol. The monoisotopic (exact) mass is 451 g/mol. The normalized spacial score (nSPS) is 17.4. The number of carbonyl (C=O) groups excluding carboxylic acids is 2. The Kier molecular flexibility index (Phi) is 6.74. The molecule has 1 fully saturated rings. The van der Waals surface area contributed by atoms with Crippen molar-refractivity contribution < 1.29 is 22.7 Å².